The summed E-state index contributed by atoms with van der Waals surface area (Å²) in [6.45, 7) is 2.23. The van der Waals surface area contributed by atoms with Crippen LogP contribution in [0.2, 0.25) is 0 Å². The number of rotatable bonds is 8. The van der Waals surface area contributed by atoms with Crippen molar-refractivity contribution >= 4 is 17.6 Å². The third kappa shape index (κ3) is 5.64. The molecule has 0 fully saturated rings. The zero-order valence-corrected chi connectivity index (χ0v) is 15.3. The number of nitro groups is 1. The van der Waals surface area contributed by atoms with E-state index in [9.17, 15) is 19.7 Å². The molecule has 0 N–H and O–H groups in total. The first-order valence-corrected chi connectivity index (χ1v) is 8.58. The standard InChI is InChI=1S/C20H22N2O5/c1-15(20(24)27-2)14-21(12-11-16-7-4-3-5-8-16)19(23)17-9-6-10-18(13-17)22(25)26/h3-10,13,15H,11-12,14H2,1-2H3. The Balaban J connectivity index is 2.21. The summed E-state index contributed by atoms with van der Waals surface area (Å²) in [5.74, 6) is -1.27. The molecule has 2 aromatic carbocycles. The molecule has 1 amide bonds. The molecule has 2 aromatic rings. The molecule has 7 heteroatoms. The zero-order chi connectivity index (χ0) is 19.8. The molecule has 2 rings (SSSR count). The average molecular weight is 370 g/mol. The van der Waals surface area contributed by atoms with Crippen LogP contribution in [0.5, 0.6) is 0 Å². The van der Waals surface area contributed by atoms with Crippen LogP contribution < -0.4 is 0 Å². The fraction of sp³-hybridized carbons (Fsp3) is 0.300. The monoisotopic (exact) mass is 370 g/mol. The molecule has 0 aromatic heterocycles. The highest BCUT2D eigenvalue weighted by atomic mass is 16.6. The van der Waals surface area contributed by atoms with Crippen LogP contribution in [0.15, 0.2) is 54.6 Å². The first-order chi connectivity index (χ1) is 12.9. The van der Waals surface area contributed by atoms with Gasteiger partial charge in [0.15, 0.2) is 0 Å². The lowest BCUT2D eigenvalue weighted by Crippen LogP contribution is -2.38. The smallest absolute Gasteiger partial charge is 0.310 e. The number of carbonyl (C=O) groups is 2. The average Bonchev–Trinajstić information content (AvgIpc) is 2.70. The molecule has 0 saturated heterocycles. The molecule has 0 bridgehead atoms. The summed E-state index contributed by atoms with van der Waals surface area (Å²) < 4.78 is 4.75. The predicted octanol–water partition coefficient (Wildman–Crippen LogP) is 3.09. The largest absolute Gasteiger partial charge is 0.469 e. The van der Waals surface area contributed by atoms with Crippen molar-refractivity contribution in [2.24, 2.45) is 5.92 Å². The van der Waals surface area contributed by atoms with E-state index in [1.54, 1.807) is 6.92 Å². The van der Waals surface area contributed by atoms with Gasteiger partial charge in [-0.05, 0) is 18.1 Å². The number of methoxy groups -OCH3 is 1. The molecule has 0 aliphatic carbocycles. The van der Waals surface area contributed by atoms with E-state index in [1.165, 1.54) is 36.3 Å². The Morgan fingerprint density at radius 3 is 2.48 bits per heavy atom. The number of hydrogen-bond acceptors (Lipinski definition) is 5. The van der Waals surface area contributed by atoms with Crippen LogP contribution in [0.4, 0.5) is 5.69 Å². The third-order valence-corrected chi connectivity index (χ3v) is 4.20. The van der Waals surface area contributed by atoms with Crippen LogP contribution in [-0.4, -0.2) is 41.9 Å². The van der Waals surface area contributed by atoms with Gasteiger partial charge in [-0.15, -0.1) is 0 Å². The van der Waals surface area contributed by atoms with Crippen molar-refractivity contribution in [1.82, 2.24) is 4.90 Å². The van der Waals surface area contributed by atoms with Gasteiger partial charge in [0.25, 0.3) is 11.6 Å². The van der Waals surface area contributed by atoms with Crippen molar-refractivity contribution < 1.29 is 19.2 Å². The lowest BCUT2D eigenvalue weighted by molar-refractivity contribution is -0.384. The van der Waals surface area contributed by atoms with Crippen LogP contribution in [0.1, 0.15) is 22.8 Å². The van der Waals surface area contributed by atoms with E-state index in [2.05, 4.69) is 0 Å². The quantitative estimate of drug-likeness (QED) is 0.405. The molecule has 1 atom stereocenters. The van der Waals surface area contributed by atoms with Gasteiger partial charge >= 0.3 is 5.97 Å². The molecular formula is C20H22N2O5. The number of nitrogens with zero attached hydrogens (tertiary/aromatic N) is 2. The molecule has 27 heavy (non-hydrogen) atoms. The first-order valence-electron chi connectivity index (χ1n) is 8.58. The molecule has 0 aliphatic rings. The van der Waals surface area contributed by atoms with E-state index in [-0.39, 0.29) is 23.7 Å². The van der Waals surface area contributed by atoms with Crippen LogP contribution in [0, 0.1) is 16.0 Å². The first kappa shape index (κ1) is 20.1. The number of benzene rings is 2. The summed E-state index contributed by atoms with van der Waals surface area (Å²) in [4.78, 5) is 36.7. The van der Waals surface area contributed by atoms with Gasteiger partial charge in [0, 0.05) is 30.8 Å². The molecule has 0 radical (unpaired) electrons. The maximum absolute atomic E-state index is 12.9. The number of hydrogen-bond donors (Lipinski definition) is 0. The number of non-ortho nitro benzene ring substituents is 1. The molecule has 7 nitrogen and oxygen atoms in total. The minimum absolute atomic E-state index is 0.148. The number of amides is 1. The van der Waals surface area contributed by atoms with E-state index < -0.39 is 16.8 Å². The minimum atomic E-state index is -0.540. The molecule has 0 saturated carbocycles. The summed E-state index contributed by atoms with van der Waals surface area (Å²) in [7, 11) is 1.30. The molecule has 0 heterocycles. The SMILES string of the molecule is COC(=O)C(C)CN(CCc1ccccc1)C(=O)c1cccc([N+](=O)[O-])c1. The van der Waals surface area contributed by atoms with Crippen LogP contribution in [-0.2, 0) is 16.0 Å². The highest BCUT2D eigenvalue weighted by Gasteiger charge is 2.23. The van der Waals surface area contributed by atoms with E-state index in [0.717, 1.165) is 5.56 Å². The Morgan fingerprint density at radius 1 is 1.15 bits per heavy atom. The fourth-order valence-corrected chi connectivity index (χ4v) is 2.73. The van der Waals surface area contributed by atoms with Crippen molar-refractivity contribution in [2.45, 2.75) is 13.3 Å². The molecule has 142 valence electrons. The lowest BCUT2D eigenvalue weighted by Gasteiger charge is -2.25. The van der Waals surface area contributed by atoms with Gasteiger partial charge in [0.2, 0.25) is 0 Å². The van der Waals surface area contributed by atoms with E-state index in [4.69, 9.17) is 4.74 Å². The number of carbonyl (C=O) groups excluding carboxylic acids is 2. The van der Waals surface area contributed by atoms with Crippen LogP contribution in [0.3, 0.4) is 0 Å². The normalized spacial score (nSPS) is 11.5. The Bertz CT molecular complexity index is 807. The van der Waals surface area contributed by atoms with Gasteiger partial charge < -0.3 is 9.64 Å². The summed E-state index contributed by atoms with van der Waals surface area (Å²) in [5.41, 5.74) is 1.12. The zero-order valence-electron chi connectivity index (χ0n) is 15.3. The fourth-order valence-electron chi connectivity index (χ4n) is 2.73. The van der Waals surface area contributed by atoms with E-state index >= 15 is 0 Å². The lowest BCUT2D eigenvalue weighted by atomic mass is 10.1. The Hall–Kier alpha value is -3.22. The van der Waals surface area contributed by atoms with Gasteiger partial charge in [-0.25, -0.2) is 0 Å². The van der Waals surface area contributed by atoms with Gasteiger partial charge in [0.1, 0.15) is 0 Å². The molecule has 0 aliphatic heterocycles. The van der Waals surface area contributed by atoms with Crippen molar-refractivity contribution in [3.05, 3.63) is 75.8 Å². The Labute approximate surface area is 157 Å². The molecule has 1 unspecified atom stereocenters. The topological polar surface area (TPSA) is 89.8 Å². The summed E-state index contributed by atoms with van der Waals surface area (Å²) in [6.07, 6.45) is 0.607. The number of esters is 1. The highest BCUT2D eigenvalue weighted by molar-refractivity contribution is 5.95. The summed E-state index contributed by atoms with van der Waals surface area (Å²) >= 11 is 0. The maximum Gasteiger partial charge on any atom is 0.310 e. The number of nitro benzene ring substituents is 1. The van der Waals surface area contributed by atoms with Crippen molar-refractivity contribution in [1.29, 1.82) is 0 Å². The van der Waals surface area contributed by atoms with Crippen LogP contribution >= 0.6 is 0 Å². The molecular weight excluding hydrogens is 348 g/mol. The van der Waals surface area contributed by atoms with Gasteiger partial charge in [-0.2, -0.15) is 0 Å². The van der Waals surface area contributed by atoms with Crippen molar-refractivity contribution in [3.63, 3.8) is 0 Å². The van der Waals surface area contributed by atoms with Gasteiger partial charge in [-0.3, -0.25) is 19.7 Å². The minimum Gasteiger partial charge on any atom is -0.469 e. The Morgan fingerprint density at radius 2 is 1.85 bits per heavy atom. The second kappa shape index (κ2) is 9.47. The van der Waals surface area contributed by atoms with E-state index in [0.29, 0.717) is 13.0 Å². The van der Waals surface area contributed by atoms with Gasteiger partial charge in [-0.1, -0.05) is 43.3 Å². The van der Waals surface area contributed by atoms with Crippen LogP contribution in [0.25, 0.3) is 0 Å². The van der Waals surface area contributed by atoms with E-state index in [1.807, 2.05) is 30.3 Å². The number of ether oxygens (including phenoxy) is 1. The van der Waals surface area contributed by atoms with Crippen molar-refractivity contribution in [3.8, 4) is 0 Å². The third-order valence-electron chi connectivity index (χ3n) is 4.20. The predicted molar refractivity (Wildman–Crippen MR) is 100 cm³/mol. The molecule has 0 spiro atoms. The highest BCUT2D eigenvalue weighted by Crippen LogP contribution is 2.16. The second-order valence-electron chi connectivity index (χ2n) is 6.22. The summed E-state index contributed by atoms with van der Waals surface area (Å²) in [5, 5.41) is 11.0. The maximum atomic E-state index is 12.9. The van der Waals surface area contributed by atoms with Gasteiger partial charge in [0.05, 0.1) is 18.0 Å². The Kier molecular flexibility index (Phi) is 7.05. The van der Waals surface area contributed by atoms with Crippen molar-refractivity contribution in [2.75, 3.05) is 20.2 Å². The summed E-state index contributed by atoms with van der Waals surface area (Å²) in [6, 6.07) is 15.3. The second-order valence-corrected chi connectivity index (χ2v) is 6.22.